The Morgan fingerprint density at radius 3 is 2.76 bits per heavy atom. The molecule has 0 aliphatic heterocycles. The van der Waals surface area contributed by atoms with Crippen LogP contribution in [0.5, 0.6) is 0 Å². The van der Waals surface area contributed by atoms with Gasteiger partial charge in [0.05, 0.1) is 0 Å². The fraction of sp³-hybridized carbons (Fsp3) is 0.333. The predicted molar refractivity (Wildman–Crippen MR) is 78.6 cm³/mol. The number of nitrogens with zero attached hydrogens (tertiary/aromatic N) is 2. The number of hydrogen-bond acceptors (Lipinski definition) is 3. The maximum Gasteiger partial charge on any atom is 0.269 e. The third-order valence-corrected chi connectivity index (χ3v) is 2.98. The topological polar surface area (TPSA) is 72.9 Å². The first-order valence-corrected chi connectivity index (χ1v) is 6.82. The number of amides is 1. The van der Waals surface area contributed by atoms with Crippen LogP contribution in [0.2, 0.25) is 0 Å². The average Bonchev–Trinajstić information content (AvgIpc) is 2.88. The van der Waals surface area contributed by atoms with E-state index in [0.717, 1.165) is 12.1 Å². The molecule has 1 amide bonds. The molecule has 2 aromatic rings. The van der Waals surface area contributed by atoms with E-state index in [1.807, 2.05) is 6.07 Å². The van der Waals surface area contributed by atoms with Gasteiger partial charge in [0.15, 0.2) is 0 Å². The fourth-order valence-electron chi connectivity index (χ4n) is 1.94. The molecule has 0 fully saturated rings. The molecule has 1 aromatic heterocycles. The number of nitrogens with two attached hydrogens (primary N) is 1. The van der Waals surface area contributed by atoms with Crippen LogP contribution >= 0.6 is 0 Å². The van der Waals surface area contributed by atoms with E-state index < -0.39 is 11.7 Å². The number of rotatable bonds is 6. The quantitative estimate of drug-likeness (QED) is 0.853. The molecule has 0 spiro atoms. The van der Waals surface area contributed by atoms with Crippen LogP contribution in [0.1, 0.15) is 29.9 Å². The summed E-state index contributed by atoms with van der Waals surface area (Å²) in [6.07, 6.45) is 1.51. The van der Waals surface area contributed by atoms with Gasteiger partial charge >= 0.3 is 0 Å². The van der Waals surface area contributed by atoms with Gasteiger partial charge in [-0.15, -0.1) is 0 Å². The van der Waals surface area contributed by atoms with Gasteiger partial charge in [0.2, 0.25) is 0 Å². The zero-order chi connectivity index (χ0) is 15.4. The van der Waals surface area contributed by atoms with Crippen LogP contribution in [0.4, 0.5) is 4.39 Å². The molecule has 0 saturated heterocycles. The van der Waals surface area contributed by atoms with E-state index in [1.165, 1.54) is 23.0 Å². The van der Waals surface area contributed by atoms with Gasteiger partial charge in [-0.05, 0) is 36.2 Å². The van der Waals surface area contributed by atoms with Gasteiger partial charge in [0.1, 0.15) is 17.2 Å². The number of carbonyl (C=O) groups excluding carboxylic acids is 1. The molecule has 1 heterocycles. The van der Waals surface area contributed by atoms with Crippen molar-refractivity contribution in [2.45, 2.75) is 20.4 Å². The molecule has 1 aromatic carbocycles. The van der Waals surface area contributed by atoms with E-state index in [-0.39, 0.29) is 11.4 Å². The molecule has 5 nitrogen and oxygen atoms in total. The SMILES string of the molecule is CC(C)CNCc1ccc(-n2ccc(C(N)=O)n2)c(F)c1. The summed E-state index contributed by atoms with van der Waals surface area (Å²) in [5.74, 6) is -0.480. The van der Waals surface area contributed by atoms with Gasteiger partial charge in [0, 0.05) is 12.7 Å². The number of carbonyl (C=O) groups is 1. The third-order valence-electron chi connectivity index (χ3n) is 2.98. The van der Waals surface area contributed by atoms with E-state index in [9.17, 15) is 9.18 Å². The highest BCUT2D eigenvalue weighted by molar-refractivity contribution is 5.90. The first-order chi connectivity index (χ1) is 9.97. The molecular weight excluding hydrogens is 271 g/mol. The summed E-state index contributed by atoms with van der Waals surface area (Å²) in [6, 6.07) is 6.39. The van der Waals surface area contributed by atoms with Crippen LogP contribution in [0, 0.1) is 11.7 Å². The molecule has 0 aliphatic carbocycles. The normalized spacial score (nSPS) is 11.0. The fourth-order valence-corrected chi connectivity index (χ4v) is 1.94. The standard InChI is InChI=1S/C15H19FN4O/c1-10(2)8-18-9-11-3-4-14(12(16)7-11)20-6-5-13(19-20)15(17)21/h3-7,10,18H,8-9H2,1-2H3,(H2,17,21). The average molecular weight is 290 g/mol. The second kappa shape index (κ2) is 6.49. The van der Waals surface area contributed by atoms with Crippen LogP contribution in [0.15, 0.2) is 30.5 Å². The number of benzene rings is 1. The van der Waals surface area contributed by atoms with E-state index in [2.05, 4.69) is 24.3 Å². The molecule has 21 heavy (non-hydrogen) atoms. The Kier molecular flexibility index (Phi) is 4.70. The lowest BCUT2D eigenvalue weighted by molar-refractivity contribution is 0.0995. The highest BCUT2D eigenvalue weighted by Crippen LogP contribution is 2.15. The van der Waals surface area contributed by atoms with Crippen molar-refractivity contribution in [1.29, 1.82) is 0 Å². The Morgan fingerprint density at radius 1 is 1.43 bits per heavy atom. The molecule has 0 unspecified atom stereocenters. The summed E-state index contributed by atoms with van der Waals surface area (Å²) in [5, 5.41) is 7.20. The molecule has 3 N–H and O–H groups in total. The molecule has 6 heteroatoms. The second-order valence-corrected chi connectivity index (χ2v) is 5.32. The molecule has 0 saturated carbocycles. The number of aromatic nitrogens is 2. The summed E-state index contributed by atoms with van der Waals surface area (Å²) in [7, 11) is 0. The zero-order valence-electron chi connectivity index (χ0n) is 12.1. The number of hydrogen-bond donors (Lipinski definition) is 2. The van der Waals surface area contributed by atoms with Gasteiger partial charge in [0.25, 0.3) is 5.91 Å². The first kappa shape index (κ1) is 15.2. The first-order valence-electron chi connectivity index (χ1n) is 6.82. The van der Waals surface area contributed by atoms with E-state index in [0.29, 0.717) is 12.5 Å². The molecular formula is C15H19FN4O. The summed E-state index contributed by atoms with van der Waals surface area (Å²) in [5.41, 5.74) is 6.39. The Labute approximate surface area is 123 Å². The van der Waals surface area contributed by atoms with E-state index in [4.69, 9.17) is 5.73 Å². The van der Waals surface area contributed by atoms with Gasteiger partial charge in [-0.2, -0.15) is 5.10 Å². The minimum absolute atomic E-state index is 0.108. The highest BCUT2D eigenvalue weighted by atomic mass is 19.1. The molecule has 0 radical (unpaired) electrons. The van der Waals surface area contributed by atoms with Gasteiger partial charge in [-0.1, -0.05) is 19.9 Å². The van der Waals surface area contributed by atoms with Crippen LogP contribution in [0.3, 0.4) is 0 Å². The van der Waals surface area contributed by atoms with Crippen molar-refractivity contribution in [3.63, 3.8) is 0 Å². The van der Waals surface area contributed by atoms with Crippen molar-refractivity contribution >= 4 is 5.91 Å². The maximum atomic E-state index is 14.1. The minimum Gasteiger partial charge on any atom is -0.364 e. The van der Waals surface area contributed by atoms with Crippen LogP contribution in [-0.2, 0) is 6.54 Å². The van der Waals surface area contributed by atoms with Crippen molar-refractivity contribution in [3.05, 3.63) is 47.5 Å². The van der Waals surface area contributed by atoms with Crippen LogP contribution in [-0.4, -0.2) is 22.2 Å². The highest BCUT2D eigenvalue weighted by Gasteiger charge is 2.10. The van der Waals surface area contributed by atoms with Crippen molar-refractivity contribution in [1.82, 2.24) is 15.1 Å². The summed E-state index contributed by atoms with van der Waals surface area (Å²) < 4.78 is 15.4. The second-order valence-electron chi connectivity index (χ2n) is 5.32. The Balaban J connectivity index is 2.13. The summed E-state index contributed by atoms with van der Waals surface area (Å²) in [4.78, 5) is 11.0. The van der Waals surface area contributed by atoms with Gasteiger partial charge in [-0.25, -0.2) is 9.07 Å². The van der Waals surface area contributed by atoms with Crippen LogP contribution < -0.4 is 11.1 Å². The predicted octanol–water partition coefficient (Wildman–Crippen LogP) is 1.86. The number of halogens is 1. The summed E-state index contributed by atoms with van der Waals surface area (Å²) in [6.45, 7) is 5.72. The minimum atomic E-state index is -0.635. The largest absolute Gasteiger partial charge is 0.364 e. The van der Waals surface area contributed by atoms with E-state index in [1.54, 1.807) is 6.07 Å². The van der Waals surface area contributed by atoms with Crippen molar-refractivity contribution in [2.75, 3.05) is 6.54 Å². The molecule has 0 atom stereocenters. The molecule has 0 aliphatic rings. The molecule has 112 valence electrons. The van der Waals surface area contributed by atoms with Crippen molar-refractivity contribution in [3.8, 4) is 5.69 Å². The molecule has 0 bridgehead atoms. The Bertz CT molecular complexity index is 636. The lowest BCUT2D eigenvalue weighted by Gasteiger charge is -2.09. The van der Waals surface area contributed by atoms with E-state index >= 15 is 0 Å². The lowest BCUT2D eigenvalue weighted by Crippen LogP contribution is -2.19. The van der Waals surface area contributed by atoms with Crippen molar-refractivity contribution < 1.29 is 9.18 Å². The monoisotopic (exact) mass is 290 g/mol. The van der Waals surface area contributed by atoms with Gasteiger partial charge < -0.3 is 11.1 Å². The van der Waals surface area contributed by atoms with Crippen molar-refractivity contribution in [2.24, 2.45) is 11.7 Å². The zero-order valence-corrected chi connectivity index (χ0v) is 12.1. The Hall–Kier alpha value is -2.21. The van der Waals surface area contributed by atoms with Crippen LogP contribution in [0.25, 0.3) is 5.69 Å². The molecule has 2 rings (SSSR count). The lowest BCUT2D eigenvalue weighted by atomic mass is 10.1. The number of nitrogens with one attached hydrogen (secondary N) is 1. The maximum absolute atomic E-state index is 14.1. The van der Waals surface area contributed by atoms with Gasteiger partial charge in [-0.3, -0.25) is 4.79 Å². The third kappa shape index (κ3) is 3.88. The smallest absolute Gasteiger partial charge is 0.269 e. The number of primary amides is 1. The summed E-state index contributed by atoms with van der Waals surface area (Å²) >= 11 is 0. The Morgan fingerprint density at radius 2 is 2.19 bits per heavy atom.